The fourth-order valence-electron chi connectivity index (χ4n) is 2.19. The second kappa shape index (κ2) is 5.19. The highest BCUT2D eigenvalue weighted by Crippen LogP contribution is 2.23. The van der Waals surface area contributed by atoms with E-state index in [4.69, 9.17) is 5.73 Å². The summed E-state index contributed by atoms with van der Waals surface area (Å²) in [4.78, 5) is 13.4. The van der Waals surface area contributed by atoms with E-state index in [0.29, 0.717) is 18.5 Å². The molecule has 1 atom stereocenters. The van der Waals surface area contributed by atoms with Crippen LogP contribution in [0.1, 0.15) is 30.9 Å². The molecule has 17 heavy (non-hydrogen) atoms. The Balaban J connectivity index is 2.03. The Bertz CT molecular complexity index is 406. The monoisotopic (exact) mass is 234 g/mol. The summed E-state index contributed by atoms with van der Waals surface area (Å²) in [5, 5.41) is 9.69. The molecule has 1 saturated heterocycles. The van der Waals surface area contributed by atoms with E-state index in [9.17, 15) is 9.90 Å². The molecule has 4 nitrogen and oxygen atoms in total. The van der Waals surface area contributed by atoms with Crippen LogP contribution in [0.3, 0.4) is 0 Å². The van der Waals surface area contributed by atoms with E-state index in [1.807, 2.05) is 6.07 Å². The lowest BCUT2D eigenvalue weighted by Crippen LogP contribution is -2.40. The third-order valence-electron chi connectivity index (χ3n) is 3.17. The number of benzene rings is 1. The number of aromatic hydroxyl groups is 1. The zero-order chi connectivity index (χ0) is 12.3. The Morgan fingerprint density at radius 2 is 2.12 bits per heavy atom. The van der Waals surface area contributed by atoms with Crippen LogP contribution in [0.5, 0.6) is 5.75 Å². The number of rotatable bonds is 3. The van der Waals surface area contributed by atoms with E-state index >= 15 is 0 Å². The number of carbonyl (C=O) groups excluding carboxylic acids is 1. The average Bonchev–Trinajstić information content (AvgIpc) is 2.32. The first kappa shape index (κ1) is 11.9. The SMILES string of the molecule is NC(CN1CCCCC1=O)c1ccccc1O. The van der Waals surface area contributed by atoms with Crippen LogP contribution in [-0.4, -0.2) is 29.0 Å². The third-order valence-corrected chi connectivity index (χ3v) is 3.17. The van der Waals surface area contributed by atoms with Gasteiger partial charge in [0.05, 0.1) is 6.04 Å². The van der Waals surface area contributed by atoms with E-state index in [0.717, 1.165) is 19.4 Å². The molecule has 1 aliphatic rings. The largest absolute Gasteiger partial charge is 0.508 e. The Labute approximate surface area is 101 Å². The van der Waals surface area contributed by atoms with Gasteiger partial charge >= 0.3 is 0 Å². The number of carbonyl (C=O) groups is 1. The van der Waals surface area contributed by atoms with E-state index in [2.05, 4.69) is 0 Å². The number of nitrogens with two attached hydrogens (primary N) is 1. The third kappa shape index (κ3) is 2.77. The molecule has 4 heteroatoms. The summed E-state index contributed by atoms with van der Waals surface area (Å²) in [6.07, 6.45) is 2.63. The lowest BCUT2D eigenvalue weighted by atomic mass is 10.0. The molecule has 1 heterocycles. The highest BCUT2D eigenvalue weighted by atomic mass is 16.3. The first-order valence-electron chi connectivity index (χ1n) is 5.99. The number of hydrogen-bond donors (Lipinski definition) is 2. The zero-order valence-corrected chi connectivity index (χ0v) is 9.80. The molecule has 92 valence electrons. The quantitative estimate of drug-likeness (QED) is 0.830. The predicted octanol–water partition coefficient (Wildman–Crippen LogP) is 1.40. The van der Waals surface area contributed by atoms with Crippen LogP contribution in [0.15, 0.2) is 24.3 Å². The Morgan fingerprint density at radius 3 is 2.82 bits per heavy atom. The van der Waals surface area contributed by atoms with Crippen molar-refractivity contribution in [1.82, 2.24) is 4.90 Å². The van der Waals surface area contributed by atoms with Gasteiger partial charge in [0.2, 0.25) is 5.91 Å². The summed E-state index contributed by atoms with van der Waals surface area (Å²) in [6.45, 7) is 1.26. The molecule has 2 rings (SSSR count). The van der Waals surface area contributed by atoms with Crippen LogP contribution in [0.4, 0.5) is 0 Å². The normalized spacial score (nSPS) is 18.2. The lowest BCUT2D eigenvalue weighted by molar-refractivity contribution is -0.133. The van der Waals surface area contributed by atoms with Gasteiger partial charge in [-0.15, -0.1) is 0 Å². The minimum Gasteiger partial charge on any atom is -0.508 e. The van der Waals surface area contributed by atoms with Crippen molar-refractivity contribution in [2.24, 2.45) is 5.73 Å². The Kier molecular flexibility index (Phi) is 3.64. The Morgan fingerprint density at radius 1 is 1.35 bits per heavy atom. The molecule has 1 aliphatic heterocycles. The number of nitrogens with zero attached hydrogens (tertiary/aromatic N) is 1. The highest BCUT2D eigenvalue weighted by molar-refractivity contribution is 5.76. The summed E-state index contributed by atoms with van der Waals surface area (Å²) in [6, 6.07) is 6.70. The maximum atomic E-state index is 11.7. The van der Waals surface area contributed by atoms with Crippen molar-refractivity contribution in [1.29, 1.82) is 0 Å². The van der Waals surface area contributed by atoms with Gasteiger partial charge in [-0.05, 0) is 18.9 Å². The van der Waals surface area contributed by atoms with Crippen molar-refractivity contribution in [2.75, 3.05) is 13.1 Å². The Hall–Kier alpha value is -1.55. The molecule has 0 spiro atoms. The fourth-order valence-corrected chi connectivity index (χ4v) is 2.19. The molecule has 1 aromatic carbocycles. The van der Waals surface area contributed by atoms with Gasteiger partial charge in [-0.3, -0.25) is 4.79 Å². The summed E-state index contributed by atoms with van der Waals surface area (Å²) in [7, 11) is 0. The first-order chi connectivity index (χ1) is 8.18. The number of phenolic OH excluding ortho intramolecular Hbond substituents is 1. The van der Waals surface area contributed by atoms with Crippen LogP contribution in [0, 0.1) is 0 Å². The van der Waals surface area contributed by atoms with Gasteiger partial charge in [0.1, 0.15) is 5.75 Å². The number of phenols is 1. The molecule has 1 fully saturated rings. The standard InChI is InChI=1S/C13H18N2O2/c14-11(10-5-1-2-6-12(10)16)9-15-8-4-3-7-13(15)17/h1-2,5-6,11,16H,3-4,7-9,14H2. The first-order valence-corrected chi connectivity index (χ1v) is 5.99. The molecule has 0 aromatic heterocycles. The maximum absolute atomic E-state index is 11.7. The molecule has 1 unspecified atom stereocenters. The van der Waals surface area contributed by atoms with Crippen LogP contribution in [0.25, 0.3) is 0 Å². The average molecular weight is 234 g/mol. The molecule has 0 radical (unpaired) electrons. The zero-order valence-electron chi connectivity index (χ0n) is 9.80. The van der Waals surface area contributed by atoms with Crippen molar-refractivity contribution in [3.05, 3.63) is 29.8 Å². The molecular weight excluding hydrogens is 216 g/mol. The van der Waals surface area contributed by atoms with Crippen molar-refractivity contribution in [3.63, 3.8) is 0 Å². The number of hydrogen-bond acceptors (Lipinski definition) is 3. The van der Waals surface area contributed by atoms with Crippen molar-refractivity contribution < 1.29 is 9.90 Å². The van der Waals surface area contributed by atoms with Crippen molar-refractivity contribution in [3.8, 4) is 5.75 Å². The smallest absolute Gasteiger partial charge is 0.222 e. The molecule has 0 aliphatic carbocycles. The van der Waals surface area contributed by atoms with Crippen LogP contribution >= 0.6 is 0 Å². The summed E-state index contributed by atoms with van der Waals surface area (Å²) in [5.74, 6) is 0.367. The van der Waals surface area contributed by atoms with Gasteiger partial charge in [0.15, 0.2) is 0 Å². The van der Waals surface area contributed by atoms with Crippen LogP contribution in [0.2, 0.25) is 0 Å². The number of likely N-dealkylation sites (tertiary alicyclic amines) is 1. The lowest BCUT2D eigenvalue weighted by Gasteiger charge is -2.29. The molecule has 0 saturated carbocycles. The van der Waals surface area contributed by atoms with Gasteiger partial charge in [-0.1, -0.05) is 18.2 Å². The fraction of sp³-hybridized carbons (Fsp3) is 0.462. The second-order valence-electron chi connectivity index (χ2n) is 4.46. The molecule has 3 N–H and O–H groups in total. The molecular formula is C13H18N2O2. The number of amides is 1. The van der Waals surface area contributed by atoms with Gasteiger partial charge in [-0.2, -0.15) is 0 Å². The highest BCUT2D eigenvalue weighted by Gasteiger charge is 2.21. The number of piperidine rings is 1. The van der Waals surface area contributed by atoms with Gasteiger partial charge < -0.3 is 15.7 Å². The summed E-state index contributed by atoms with van der Waals surface area (Å²) < 4.78 is 0. The van der Waals surface area contributed by atoms with Gasteiger partial charge in [-0.25, -0.2) is 0 Å². The minimum atomic E-state index is -0.321. The maximum Gasteiger partial charge on any atom is 0.222 e. The molecule has 0 bridgehead atoms. The van der Waals surface area contributed by atoms with E-state index in [1.165, 1.54) is 0 Å². The van der Waals surface area contributed by atoms with E-state index in [-0.39, 0.29) is 17.7 Å². The topological polar surface area (TPSA) is 66.6 Å². The second-order valence-corrected chi connectivity index (χ2v) is 4.46. The summed E-state index contributed by atoms with van der Waals surface area (Å²) >= 11 is 0. The van der Waals surface area contributed by atoms with Gasteiger partial charge in [0.25, 0.3) is 0 Å². The van der Waals surface area contributed by atoms with Crippen LogP contribution < -0.4 is 5.73 Å². The van der Waals surface area contributed by atoms with Gasteiger partial charge in [0, 0.05) is 25.1 Å². The minimum absolute atomic E-state index is 0.169. The molecule has 1 amide bonds. The van der Waals surface area contributed by atoms with E-state index in [1.54, 1.807) is 23.1 Å². The summed E-state index contributed by atoms with van der Waals surface area (Å²) in [5.41, 5.74) is 6.73. The van der Waals surface area contributed by atoms with Crippen molar-refractivity contribution >= 4 is 5.91 Å². The van der Waals surface area contributed by atoms with Crippen molar-refractivity contribution in [2.45, 2.75) is 25.3 Å². The van der Waals surface area contributed by atoms with Crippen LogP contribution in [-0.2, 0) is 4.79 Å². The number of para-hydroxylation sites is 1. The van der Waals surface area contributed by atoms with E-state index < -0.39 is 0 Å². The predicted molar refractivity (Wildman–Crippen MR) is 65.5 cm³/mol. The molecule has 1 aromatic rings.